The molecular weight excluding hydrogens is 420 g/mol. The number of ether oxygens (including phenoxy) is 1. The molecule has 1 fully saturated rings. The number of aliphatic carboxylic acids is 1. The molecule has 2 aliphatic carbocycles. The molecule has 0 heterocycles. The molecule has 174 valence electrons. The fourth-order valence-electron chi connectivity index (χ4n) is 4.88. The summed E-state index contributed by atoms with van der Waals surface area (Å²) in [4.78, 5) is 36.3. The van der Waals surface area contributed by atoms with Crippen molar-refractivity contribution in [3.05, 3.63) is 59.7 Å². The third-order valence-electron chi connectivity index (χ3n) is 6.75. The van der Waals surface area contributed by atoms with E-state index in [0.29, 0.717) is 12.8 Å². The van der Waals surface area contributed by atoms with Crippen molar-refractivity contribution in [1.29, 1.82) is 0 Å². The van der Waals surface area contributed by atoms with E-state index < -0.39 is 18.0 Å². The van der Waals surface area contributed by atoms with Gasteiger partial charge in [0, 0.05) is 18.5 Å². The van der Waals surface area contributed by atoms with Crippen LogP contribution < -0.4 is 10.6 Å². The molecule has 3 N–H and O–H groups in total. The lowest BCUT2D eigenvalue weighted by atomic mass is 9.84. The number of nitrogens with one attached hydrogen (secondary N) is 2. The first kappa shape index (κ1) is 22.8. The summed E-state index contributed by atoms with van der Waals surface area (Å²) >= 11 is 0. The Bertz CT molecular complexity index is 991. The van der Waals surface area contributed by atoms with Gasteiger partial charge in [0.2, 0.25) is 5.91 Å². The van der Waals surface area contributed by atoms with Crippen molar-refractivity contribution in [3.8, 4) is 11.1 Å². The zero-order valence-electron chi connectivity index (χ0n) is 18.8. The van der Waals surface area contributed by atoms with E-state index in [0.717, 1.165) is 24.0 Å². The molecule has 3 atom stereocenters. The number of fused-ring (bicyclic) bond motifs is 3. The SMILES string of the molecule is CC(CNC(=O)[C@@H]1CCCC[C@@H]1NC(=O)OCC1c2ccccc2-c2ccccc21)C(=O)O. The number of rotatable bonds is 7. The van der Waals surface area contributed by atoms with E-state index >= 15 is 0 Å². The predicted molar refractivity (Wildman–Crippen MR) is 124 cm³/mol. The van der Waals surface area contributed by atoms with Crippen LogP contribution in [0.4, 0.5) is 4.79 Å². The van der Waals surface area contributed by atoms with Gasteiger partial charge in [0.15, 0.2) is 0 Å². The van der Waals surface area contributed by atoms with E-state index in [1.165, 1.54) is 11.1 Å². The van der Waals surface area contributed by atoms with Gasteiger partial charge in [0.25, 0.3) is 0 Å². The van der Waals surface area contributed by atoms with Crippen molar-refractivity contribution >= 4 is 18.0 Å². The predicted octanol–water partition coefficient (Wildman–Crippen LogP) is 3.92. The quantitative estimate of drug-likeness (QED) is 0.593. The average molecular weight is 451 g/mol. The molecular formula is C26H30N2O5. The molecule has 2 amide bonds. The van der Waals surface area contributed by atoms with Crippen LogP contribution in [0.1, 0.15) is 49.7 Å². The third-order valence-corrected chi connectivity index (χ3v) is 6.75. The van der Waals surface area contributed by atoms with Gasteiger partial charge < -0.3 is 20.5 Å². The molecule has 7 nitrogen and oxygen atoms in total. The van der Waals surface area contributed by atoms with E-state index in [9.17, 15) is 14.4 Å². The highest BCUT2D eigenvalue weighted by atomic mass is 16.5. The fourth-order valence-corrected chi connectivity index (χ4v) is 4.88. The second-order valence-electron chi connectivity index (χ2n) is 8.95. The largest absolute Gasteiger partial charge is 0.481 e. The number of carbonyl (C=O) groups is 3. The molecule has 0 radical (unpaired) electrons. The molecule has 0 bridgehead atoms. The van der Waals surface area contributed by atoms with E-state index in [2.05, 4.69) is 34.9 Å². The first-order chi connectivity index (χ1) is 16.0. The van der Waals surface area contributed by atoms with Crippen LogP contribution in [0.25, 0.3) is 11.1 Å². The summed E-state index contributed by atoms with van der Waals surface area (Å²) in [5.41, 5.74) is 4.63. The van der Waals surface area contributed by atoms with Crippen molar-refractivity contribution in [1.82, 2.24) is 10.6 Å². The third kappa shape index (κ3) is 5.02. The standard InChI is InChI=1S/C26H30N2O5/c1-16(25(30)31)14-27-24(29)21-12-6-7-13-23(21)28-26(32)33-15-22-19-10-4-2-8-17(19)18-9-3-5-11-20(18)22/h2-5,8-11,16,21-23H,6-7,12-15H2,1H3,(H,27,29)(H,28,32)(H,30,31)/t16?,21-,23+/m1/s1. The summed E-state index contributed by atoms with van der Waals surface area (Å²) < 4.78 is 5.64. The molecule has 2 aliphatic rings. The minimum atomic E-state index is -0.952. The highest BCUT2D eigenvalue weighted by molar-refractivity contribution is 5.81. The number of hydrogen-bond acceptors (Lipinski definition) is 4. The van der Waals surface area contributed by atoms with Crippen LogP contribution >= 0.6 is 0 Å². The van der Waals surface area contributed by atoms with Crippen LogP contribution in [-0.2, 0) is 14.3 Å². The van der Waals surface area contributed by atoms with E-state index in [1.807, 2.05) is 24.3 Å². The Morgan fingerprint density at radius 3 is 2.24 bits per heavy atom. The molecule has 0 aliphatic heterocycles. The van der Waals surface area contributed by atoms with Crippen molar-refractivity contribution in [3.63, 3.8) is 0 Å². The van der Waals surface area contributed by atoms with Crippen LogP contribution in [0.5, 0.6) is 0 Å². The Morgan fingerprint density at radius 1 is 1.00 bits per heavy atom. The molecule has 2 aromatic carbocycles. The molecule has 1 saturated carbocycles. The first-order valence-corrected chi connectivity index (χ1v) is 11.6. The molecule has 4 rings (SSSR count). The number of carbonyl (C=O) groups excluding carboxylic acids is 2. The number of amides is 2. The van der Waals surface area contributed by atoms with Gasteiger partial charge in [-0.3, -0.25) is 9.59 Å². The minimum Gasteiger partial charge on any atom is -0.481 e. The van der Waals surface area contributed by atoms with Gasteiger partial charge >= 0.3 is 12.1 Å². The monoisotopic (exact) mass is 450 g/mol. The summed E-state index contributed by atoms with van der Waals surface area (Å²) in [5, 5.41) is 14.6. The van der Waals surface area contributed by atoms with Gasteiger partial charge in [0.1, 0.15) is 6.61 Å². The van der Waals surface area contributed by atoms with E-state index in [-0.39, 0.29) is 36.9 Å². The number of hydrogen-bond donors (Lipinski definition) is 3. The van der Waals surface area contributed by atoms with Crippen LogP contribution in [0.15, 0.2) is 48.5 Å². The number of alkyl carbamates (subject to hydrolysis) is 1. The van der Waals surface area contributed by atoms with Gasteiger partial charge in [-0.1, -0.05) is 68.3 Å². The summed E-state index contributed by atoms with van der Waals surface area (Å²) in [6.45, 7) is 1.85. The molecule has 1 unspecified atom stereocenters. The Hall–Kier alpha value is -3.35. The number of benzene rings is 2. The number of carboxylic acids is 1. The highest BCUT2D eigenvalue weighted by Crippen LogP contribution is 2.44. The van der Waals surface area contributed by atoms with Crippen LogP contribution in [0, 0.1) is 11.8 Å². The Balaban J connectivity index is 1.36. The second kappa shape index (κ2) is 10.1. The van der Waals surface area contributed by atoms with Gasteiger partial charge in [-0.15, -0.1) is 0 Å². The molecule has 2 aromatic rings. The summed E-state index contributed by atoms with van der Waals surface area (Å²) in [7, 11) is 0. The Labute approximate surface area is 193 Å². The summed E-state index contributed by atoms with van der Waals surface area (Å²) in [6.07, 6.45) is 2.64. The number of carboxylic acid groups (broad SMARTS) is 1. The smallest absolute Gasteiger partial charge is 0.407 e. The normalized spacial score (nSPS) is 20.3. The van der Waals surface area contributed by atoms with Crippen molar-refractivity contribution in [2.24, 2.45) is 11.8 Å². The lowest BCUT2D eigenvalue weighted by Gasteiger charge is -2.31. The van der Waals surface area contributed by atoms with Crippen molar-refractivity contribution in [2.75, 3.05) is 13.2 Å². The lowest BCUT2D eigenvalue weighted by molar-refractivity contribution is -0.141. The van der Waals surface area contributed by atoms with E-state index in [4.69, 9.17) is 9.84 Å². The first-order valence-electron chi connectivity index (χ1n) is 11.6. The molecule has 0 aromatic heterocycles. The zero-order valence-corrected chi connectivity index (χ0v) is 18.8. The topological polar surface area (TPSA) is 105 Å². The van der Waals surface area contributed by atoms with Crippen LogP contribution in [0.3, 0.4) is 0 Å². The van der Waals surface area contributed by atoms with Gasteiger partial charge in [-0.05, 0) is 35.1 Å². The Morgan fingerprint density at radius 2 is 1.61 bits per heavy atom. The van der Waals surface area contributed by atoms with Crippen LogP contribution in [0.2, 0.25) is 0 Å². The van der Waals surface area contributed by atoms with Gasteiger partial charge in [-0.25, -0.2) is 4.79 Å². The molecule has 0 saturated heterocycles. The second-order valence-corrected chi connectivity index (χ2v) is 8.95. The molecule has 0 spiro atoms. The lowest BCUT2D eigenvalue weighted by Crippen LogP contribution is -2.49. The molecule has 33 heavy (non-hydrogen) atoms. The van der Waals surface area contributed by atoms with E-state index in [1.54, 1.807) is 6.92 Å². The maximum Gasteiger partial charge on any atom is 0.407 e. The maximum absolute atomic E-state index is 12.7. The average Bonchev–Trinajstić information content (AvgIpc) is 3.15. The maximum atomic E-state index is 12.7. The minimum absolute atomic E-state index is 0.0221. The van der Waals surface area contributed by atoms with Crippen molar-refractivity contribution < 1.29 is 24.2 Å². The molecule has 7 heteroatoms. The zero-order chi connectivity index (χ0) is 23.4. The van der Waals surface area contributed by atoms with Gasteiger partial charge in [-0.2, -0.15) is 0 Å². The fraction of sp³-hybridized carbons (Fsp3) is 0.423. The van der Waals surface area contributed by atoms with Crippen molar-refractivity contribution in [2.45, 2.75) is 44.6 Å². The highest BCUT2D eigenvalue weighted by Gasteiger charge is 2.34. The summed E-state index contributed by atoms with van der Waals surface area (Å²) in [6, 6.07) is 16.0. The van der Waals surface area contributed by atoms with Crippen LogP contribution in [-0.4, -0.2) is 42.3 Å². The Kier molecular flexibility index (Phi) is 6.96. The summed E-state index contributed by atoms with van der Waals surface area (Å²) in [5.74, 6) is -2.24. The van der Waals surface area contributed by atoms with Gasteiger partial charge in [0.05, 0.1) is 11.8 Å².